The van der Waals surface area contributed by atoms with Gasteiger partial charge in [0.1, 0.15) is 5.82 Å². The zero-order valence-electron chi connectivity index (χ0n) is 10.5. The first-order chi connectivity index (χ1) is 9.47. The fourth-order valence-corrected chi connectivity index (χ4v) is 2.67. The second-order valence-electron chi connectivity index (χ2n) is 4.17. The Labute approximate surface area is 115 Å². The normalized spacial score (nSPS) is 11.4. The predicted molar refractivity (Wildman–Crippen MR) is 72.4 cm³/mol. The molecule has 0 fully saturated rings. The van der Waals surface area contributed by atoms with E-state index in [0.29, 0.717) is 12.0 Å². The van der Waals surface area contributed by atoms with E-state index in [1.807, 2.05) is 0 Å². The molecule has 0 radical (unpaired) electrons. The minimum atomic E-state index is -3.67. The van der Waals surface area contributed by atoms with Crippen molar-refractivity contribution in [3.8, 4) is 0 Å². The summed E-state index contributed by atoms with van der Waals surface area (Å²) in [7, 11) is -3.67. The Balaban J connectivity index is 1.99. The van der Waals surface area contributed by atoms with Crippen LogP contribution in [-0.4, -0.2) is 19.9 Å². The Kier molecular flexibility index (Phi) is 4.31. The number of halogens is 1. The Morgan fingerprint density at radius 1 is 1.20 bits per heavy atom. The first-order valence-corrected chi connectivity index (χ1v) is 7.38. The van der Waals surface area contributed by atoms with Crippen molar-refractivity contribution >= 4 is 10.0 Å². The standard InChI is InChI=1S/C13H13FN2O3S/c14-11-3-1-2-10(8-11)6-7-16-20(18,19)12-4-5-13(17)15-9-12/h1-5,8-9,16H,6-7H2,(H,15,17). The van der Waals surface area contributed by atoms with Crippen molar-refractivity contribution in [1.82, 2.24) is 9.71 Å². The van der Waals surface area contributed by atoms with Crippen LogP contribution in [0.2, 0.25) is 0 Å². The van der Waals surface area contributed by atoms with Gasteiger partial charge in [0.05, 0.1) is 4.90 Å². The molecule has 0 amide bonds. The highest BCUT2D eigenvalue weighted by Gasteiger charge is 2.13. The Bertz CT molecular complexity index is 736. The molecule has 20 heavy (non-hydrogen) atoms. The third kappa shape index (κ3) is 3.75. The molecule has 0 bridgehead atoms. The zero-order valence-corrected chi connectivity index (χ0v) is 11.3. The van der Waals surface area contributed by atoms with Gasteiger partial charge in [-0.1, -0.05) is 12.1 Å². The van der Waals surface area contributed by atoms with E-state index in [4.69, 9.17) is 0 Å². The van der Waals surface area contributed by atoms with Crippen LogP contribution in [-0.2, 0) is 16.4 Å². The summed E-state index contributed by atoms with van der Waals surface area (Å²) in [5, 5.41) is 0. The number of pyridine rings is 1. The van der Waals surface area contributed by atoms with Gasteiger partial charge in [0.15, 0.2) is 0 Å². The Morgan fingerprint density at radius 3 is 2.65 bits per heavy atom. The van der Waals surface area contributed by atoms with Gasteiger partial charge in [-0.05, 0) is 30.2 Å². The van der Waals surface area contributed by atoms with Crippen molar-refractivity contribution in [2.75, 3.05) is 6.54 Å². The fourth-order valence-electron chi connectivity index (χ4n) is 1.67. The number of rotatable bonds is 5. The summed E-state index contributed by atoms with van der Waals surface area (Å²) in [4.78, 5) is 13.2. The molecule has 2 N–H and O–H groups in total. The maximum Gasteiger partial charge on any atom is 0.247 e. The second-order valence-corrected chi connectivity index (χ2v) is 5.93. The molecular weight excluding hydrogens is 283 g/mol. The molecule has 0 aliphatic heterocycles. The lowest BCUT2D eigenvalue weighted by molar-refractivity contribution is 0.581. The van der Waals surface area contributed by atoms with Gasteiger partial charge in [0, 0.05) is 18.8 Å². The van der Waals surface area contributed by atoms with E-state index in [1.54, 1.807) is 12.1 Å². The van der Waals surface area contributed by atoms with E-state index in [9.17, 15) is 17.6 Å². The summed E-state index contributed by atoms with van der Waals surface area (Å²) < 4.78 is 39.1. The maximum atomic E-state index is 13.0. The highest BCUT2D eigenvalue weighted by molar-refractivity contribution is 7.89. The first kappa shape index (κ1) is 14.4. The number of benzene rings is 1. The van der Waals surface area contributed by atoms with Crippen molar-refractivity contribution in [2.24, 2.45) is 0 Å². The number of hydrogen-bond acceptors (Lipinski definition) is 3. The molecule has 1 heterocycles. The van der Waals surface area contributed by atoms with Crippen LogP contribution in [0.5, 0.6) is 0 Å². The van der Waals surface area contributed by atoms with Crippen LogP contribution >= 0.6 is 0 Å². The number of aromatic amines is 1. The molecule has 2 rings (SSSR count). The molecule has 5 nitrogen and oxygen atoms in total. The van der Waals surface area contributed by atoms with Crippen molar-refractivity contribution in [2.45, 2.75) is 11.3 Å². The summed E-state index contributed by atoms with van der Waals surface area (Å²) >= 11 is 0. The number of hydrogen-bond donors (Lipinski definition) is 2. The third-order valence-corrected chi connectivity index (χ3v) is 4.12. The van der Waals surface area contributed by atoms with Crippen LogP contribution in [0.25, 0.3) is 0 Å². The molecule has 0 unspecified atom stereocenters. The largest absolute Gasteiger partial charge is 0.328 e. The van der Waals surface area contributed by atoms with Crippen molar-refractivity contribution in [3.63, 3.8) is 0 Å². The molecule has 0 spiro atoms. The molecule has 0 saturated carbocycles. The topological polar surface area (TPSA) is 79.0 Å². The first-order valence-electron chi connectivity index (χ1n) is 5.90. The van der Waals surface area contributed by atoms with Gasteiger partial charge >= 0.3 is 0 Å². The Morgan fingerprint density at radius 2 is 2.00 bits per heavy atom. The lowest BCUT2D eigenvalue weighted by Gasteiger charge is -2.06. The average molecular weight is 296 g/mol. The highest BCUT2D eigenvalue weighted by Crippen LogP contribution is 2.06. The summed E-state index contributed by atoms with van der Waals surface area (Å²) in [6.07, 6.45) is 1.51. The fraction of sp³-hybridized carbons (Fsp3) is 0.154. The van der Waals surface area contributed by atoms with Crippen molar-refractivity contribution < 1.29 is 12.8 Å². The van der Waals surface area contributed by atoms with E-state index < -0.39 is 10.0 Å². The van der Waals surface area contributed by atoms with E-state index >= 15 is 0 Å². The molecule has 0 aliphatic rings. The van der Waals surface area contributed by atoms with E-state index in [1.165, 1.54) is 18.2 Å². The zero-order chi connectivity index (χ0) is 14.6. The smallest absolute Gasteiger partial charge is 0.247 e. The average Bonchev–Trinajstić information content (AvgIpc) is 2.39. The van der Waals surface area contributed by atoms with Crippen LogP contribution in [0.3, 0.4) is 0 Å². The third-order valence-electron chi connectivity index (χ3n) is 2.66. The van der Waals surface area contributed by atoms with Gasteiger partial charge in [0.2, 0.25) is 15.6 Å². The predicted octanol–water partition coefficient (Wildman–Crippen LogP) is 1.03. The Hall–Kier alpha value is -1.99. The van der Waals surface area contributed by atoms with Gasteiger partial charge in [-0.3, -0.25) is 4.79 Å². The summed E-state index contributed by atoms with van der Waals surface area (Å²) in [6.45, 7) is 0.144. The van der Waals surface area contributed by atoms with Crippen LogP contribution in [0, 0.1) is 5.82 Å². The van der Waals surface area contributed by atoms with Crippen LogP contribution in [0.4, 0.5) is 4.39 Å². The minimum absolute atomic E-state index is 0.0173. The van der Waals surface area contributed by atoms with Gasteiger partial charge < -0.3 is 4.98 Å². The van der Waals surface area contributed by atoms with Gasteiger partial charge in [0.25, 0.3) is 0 Å². The maximum absolute atomic E-state index is 13.0. The van der Waals surface area contributed by atoms with Crippen LogP contribution < -0.4 is 10.3 Å². The van der Waals surface area contributed by atoms with Gasteiger partial charge in [-0.25, -0.2) is 17.5 Å². The monoisotopic (exact) mass is 296 g/mol. The summed E-state index contributed by atoms with van der Waals surface area (Å²) in [5.41, 5.74) is 0.331. The van der Waals surface area contributed by atoms with Crippen molar-refractivity contribution in [1.29, 1.82) is 0 Å². The van der Waals surface area contributed by atoms with Crippen molar-refractivity contribution in [3.05, 3.63) is 64.3 Å². The summed E-state index contributed by atoms with van der Waals surface area (Å²) in [6, 6.07) is 8.34. The molecule has 1 aromatic heterocycles. The summed E-state index contributed by atoms with van der Waals surface area (Å²) in [5.74, 6) is -0.356. The number of aromatic nitrogens is 1. The SMILES string of the molecule is O=c1ccc(S(=O)(=O)NCCc2cccc(F)c2)c[nH]1. The number of sulfonamides is 1. The molecule has 7 heteroatoms. The van der Waals surface area contributed by atoms with E-state index in [-0.39, 0.29) is 22.8 Å². The van der Waals surface area contributed by atoms with Gasteiger partial charge in [-0.15, -0.1) is 0 Å². The number of H-pyrrole nitrogens is 1. The molecular formula is C13H13FN2O3S. The van der Waals surface area contributed by atoms with Crippen LogP contribution in [0.15, 0.2) is 52.3 Å². The quantitative estimate of drug-likeness (QED) is 0.865. The molecule has 0 atom stereocenters. The molecule has 106 valence electrons. The second kappa shape index (κ2) is 5.98. The van der Waals surface area contributed by atoms with E-state index in [0.717, 1.165) is 12.3 Å². The van der Waals surface area contributed by atoms with Gasteiger partial charge in [-0.2, -0.15) is 0 Å². The molecule has 0 aliphatic carbocycles. The molecule has 2 aromatic rings. The lowest BCUT2D eigenvalue weighted by Crippen LogP contribution is -2.26. The van der Waals surface area contributed by atoms with Crippen LogP contribution in [0.1, 0.15) is 5.56 Å². The molecule has 1 aromatic carbocycles. The highest BCUT2D eigenvalue weighted by atomic mass is 32.2. The molecule has 0 saturated heterocycles. The lowest BCUT2D eigenvalue weighted by atomic mass is 10.1. The number of nitrogens with one attached hydrogen (secondary N) is 2. The van der Waals surface area contributed by atoms with E-state index in [2.05, 4.69) is 9.71 Å². The minimum Gasteiger partial charge on any atom is -0.328 e.